The molecule has 2 N–H and O–H groups in total. The third kappa shape index (κ3) is 7.16. The molecule has 0 bridgehead atoms. The largest absolute Gasteiger partial charge is 0.385 e. The molecule has 21 heavy (non-hydrogen) atoms. The molecule has 0 unspecified atom stereocenters. The molecule has 0 atom stereocenters. The van der Waals surface area contributed by atoms with Gasteiger partial charge in [-0.05, 0) is 30.7 Å². The van der Waals surface area contributed by atoms with Crippen molar-refractivity contribution < 1.29 is 22.3 Å². The molecule has 0 saturated carbocycles. The van der Waals surface area contributed by atoms with Crippen LogP contribution in [0.15, 0.2) is 24.3 Å². The molecular formula is C13H19FN2O4S. The van der Waals surface area contributed by atoms with Gasteiger partial charge < -0.3 is 10.1 Å². The van der Waals surface area contributed by atoms with Gasteiger partial charge in [0.25, 0.3) is 5.91 Å². The number of ether oxygens (including phenoxy) is 1. The average Bonchev–Trinajstić information content (AvgIpc) is 2.44. The van der Waals surface area contributed by atoms with Gasteiger partial charge in [0.15, 0.2) is 0 Å². The highest BCUT2D eigenvalue weighted by atomic mass is 32.2. The Morgan fingerprint density at radius 1 is 1.24 bits per heavy atom. The molecule has 0 saturated heterocycles. The summed E-state index contributed by atoms with van der Waals surface area (Å²) in [5, 5.41) is 2.47. The summed E-state index contributed by atoms with van der Waals surface area (Å²) < 4.78 is 43.1. The zero-order valence-electron chi connectivity index (χ0n) is 11.8. The lowest BCUT2D eigenvalue weighted by Gasteiger charge is -2.08. The predicted molar refractivity (Wildman–Crippen MR) is 77.0 cm³/mol. The van der Waals surface area contributed by atoms with E-state index < -0.39 is 21.7 Å². The third-order valence-corrected chi connectivity index (χ3v) is 4.00. The standard InChI is InChI=1S/C13H19FN2O4S/c1-20-9-2-7-16-21(18,19)10-8-15-13(17)11-3-5-12(14)6-4-11/h3-6,16H,2,7-10H2,1H3,(H,15,17). The maximum absolute atomic E-state index is 12.7. The van der Waals surface area contributed by atoms with Crippen LogP contribution < -0.4 is 10.0 Å². The summed E-state index contributed by atoms with van der Waals surface area (Å²) in [6.45, 7) is 0.752. The Morgan fingerprint density at radius 2 is 1.90 bits per heavy atom. The van der Waals surface area contributed by atoms with Crippen molar-refractivity contribution in [3.05, 3.63) is 35.6 Å². The smallest absolute Gasteiger partial charge is 0.251 e. The Bertz CT molecular complexity index is 546. The van der Waals surface area contributed by atoms with E-state index in [1.54, 1.807) is 7.11 Å². The summed E-state index contributed by atoms with van der Waals surface area (Å²) in [4.78, 5) is 11.7. The monoisotopic (exact) mass is 318 g/mol. The van der Waals surface area contributed by atoms with Crippen molar-refractivity contribution in [3.63, 3.8) is 0 Å². The first-order chi connectivity index (χ1) is 9.94. The summed E-state index contributed by atoms with van der Waals surface area (Å²) in [7, 11) is -1.89. The van der Waals surface area contributed by atoms with Crippen molar-refractivity contribution in [3.8, 4) is 0 Å². The third-order valence-electron chi connectivity index (χ3n) is 2.61. The van der Waals surface area contributed by atoms with Gasteiger partial charge in [-0.25, -0.2) is 17.5 Å². The molecule has 0 aliphatic heterocycles. The molecule has 0 aliphatic carbocycles. The highest BCUT2D eigenvalue weighted by Crippen LogP contribution is 2.02. The molecule has 0 fully saturated rings. The van der Waals surface area contributed by atoms with Gasteiger partial charge in [-0.2, -0.15) is 0 Å². The van der Waals surface area contributed by atoms with Crippen LogP contribution in [0, 0.1) is 5.82 Å². The summed E-state index contributed by atoms with van der Waals surface area (Å²) >= 11 is 0. The minimum atomic E-state index is -3.43. The van der Waals surface area contributed by atoms with E-state index in [0.29, 0.717) is 19.6 Å². The van der Waals surface area contributed by atoms with Crippen LogP contribution >= 0.6 is 0 Å². The maximum atomic E-state index is 12.7. The van der Waals surface area contributed by atoms with Gasteiger partial charge in [-0.1, -0.05) is 0 Å². The van der Waals surface area contributed by atoms with Gasteiger partial charge in [0, 0.05) is 32.4 Å². The molecular weight excluding hydrogens is 299 g/mol. The fourth-order valence-electron chi connectivity index (χ4n) is 1.52. The first-order valence-corrected chi connectivity index (χ1v) is 8.10. The van der Waals surface area contributed by atoms with Gasteiger partial charge in [-0.3, -0.25) is 4.79 Å². The maximum Gasteiger partial charge on any atom is 0.251 e. The van der Waals surface area contributed by atoms with Crippen molar-refractivity contribution >= 4 is 15.9 Å². The Morgan fingerprint density at radius 3 is 2.52 bits per heavy atom. The number of benzene rings is 1. The lowest BCUT2D eigenvalue weighted by Crippen LogP contribution is -2.35. The fourth-order valence-corrected chi connectivity index (χ4v) is 2.49. The number of halogens is 1. The van der Waals surface area contributed by atoms with Gasteiger partial charge in [0.2, 0.25) is 10.0 Å². The Kier molecular flexibility index (Phi) is 7.27. The predicted octanol–water partition coefficient (Wildman–Crippen LogP) is 0.511. The van der Waals surface area contributed by atoms with Crippen molar-refractivity contribution in [2.45, 2.75) is 6.42 Å². The summed E-state index contributed by atoms with van der Waals surface area (Å²) in [5.74, 6) is -1.09. The average molecular weight is 318 g/mol. The summed E-state index contributed by atoms with van der Waals surface area (Å²) in [5.41, 5.74) is 0.279. The Balaban J connectivity index is 2.31. The molecule has 0 aliphatic rings. The van der Waals surface area contributed by atoms with Gasteiger partial charge >= 0.3 is 0 Å². The lowest BCUT2D eigenvalue weighted by atomic mass is 10.2. The zero-order valence-corrected chi connectivity index (χ0v) is 12.6. The van der Waals surface area contributed by atoms with Gasteiger partial charge in [0.1, 0.15) is 5.82 Å². The molecule has 8 heteroatoms. The normalized spacial score (nSPS) is 11.3. The number of carbonyl (C=O) groups is 1. The second-order valence-corrected chi connectivity index (χ2v) is 6.25. The molecule has 6 nitrogen and oxygen atoms in total. The van der Waals surface area contributed by atoms with Crippen LogP contribution in [0.5, 0.6) is 0 Å². The highest BCUT2D eigenvalue weighted by Gasteiger charge is 2.11. The Hall–Kier alpha value is -1.51. The first kappa shape index (κ1) is 17.5. The minimum absolute atomic E-state index is 0.0180. The number of sulfonamides is 1. The minimum Gasteiger partial charge on any atom is -0.385 e. The van der Waals surface area contributed by atoms with Crippen LogP contribution in [-0.4, -0.2) is 46.9 Å². The zero-order chi connectivity index (χ0) is 15.7. The van der Waals surface area contributed by atoms with Crippen molar-refractivity contribution in [1.82, 2.24) is 10.0 Å². The molecule has 1 rings (SSSR count). The number of carbonyl (C=O) groups excluding carboxylic acids is 1. The highest BCUT2D eigenvalue weighted by molar-refractivity contribution is 7.89. The SMILES string of the molecule is COCCCNS(=O)(=O)CCNC(=O)c1ccc(F)cc1. The number of rotatable bonds is 9. The van der Waals surface area contributed by atoms with E-state index in [4.69, 9.17) is 4.74 Å². The second kappa shape index (κ2) is 8.71. The van der Waals surface area contributed by atoms with E-state index >= 15 is 0 Å². The second-order valence-electron chi connectivity index (χ2n) is 4.32. The van der Waals surface area contributed by atoms with Gasteiger partial charge in [-0.15, -0.1) is 0 Å². The van der Waals surface area contributed by atoms with Crippen LogP contribution in [0.4, 0.5) is 4.39 Å². The number of hydrogen-bond acceptors (Lipinski definition) is 4. The molecule has 0 radical (unpaired) electrons. The fraction of sp³-hybridized carbons (Fsp3) is 0.462. The molecule has 118 valence electrons. The van der Waals surface area contributed by atoms with Crippen molar-refractivity contribution in [2.24, 2.45) is 0 Å². The van der Waals surface area contributed by atoms with E-state index in [-0.39, 0.29) is 17.9 Å². The number of hydrogen-bond donors (Lipinski definition) is 2. The quantitative estimate of drug-likeness (QED) is 0.650. The van der Waals surface area contributed by atoms with E-state index in [1.807, 2.05) is 0 Å². The van der Waals surface area contributed by atoms with Crippen LogP contribution in [-0.2, 0) is 14.8 Å². The molecule has 0 aromatic heterocycles. The van der Waals surface area contributed by atoms with E-state index in [1.165, 1.54) is 24.3 Å². The number of nitrogens with one attached hydrogen (secondary N) is 2. The van der Waals surface area contributed by atoms with Crippen LogP contribution in [0.1, 0.15) is 16.8 Å². The molecule has 1 amide bonds. The molecule has 0 heterocycles. The van der Waals surface area contributed by atoms with Crippen LogP contribution in [0.2, 0.25) is 0 Å². The lowest BCUT2D eigenvalue weighted by molar-refractivity contribution is 0.0956. The first-order valence-electron chi connectivity index (χ1n) is 6.44. The van der Waals surface area contributed by atoms with Crippen molar-refractivity contribution in [2.75, 3.05) is 32.6 Å². The number of amides is 1. The number of methoxy groups -OCH3 is 1. The van der Waals surface area contributed by atoms with E-state index in [2.05, 4.69) is 10.0 Å². The molecule has 1 aromatic carbocycles. The van der Waals surface area contributed by atoms with Crippen LogP contribution in [0.25, 0.3) is 0 Å². The molecule has 1 aromatic rings. The van der Waals surface area contributed by atoms with Crippen LogP contribution in [0.3, 0.4) is 0 Å². The topological polar surface area (TPSA) is 84.5 Å². The van der Waals surface area contributed by atoms with E-state index in [9.17, 15) is 17.6 Å². The van der Waals surface area contributed by atoms with E-state index in [0.717, 1.165) is 0 Å². The Labute approximate surface area is 123 Å². The van der Waals surface area contributed by atoms with Gasteiger partial charge in [0.05, 0.1) is 5.75 Å². The molecule has 0 spiro atoms. The summed E-state index contributed by atoms with van der Waals surface area (Å²) in [6, 6.07) is 5.01. The summed E-state index contributed by atoms with van der Waals surface area (Å²) in [6.07, 6.45) is 0.581. The van der Waals surface area contributed by atoms with Crippen molar-refractivity contribution in [1.29, 1.82) is 0 Å².